The summed E-state index contributed by atoms with van der Waals surface area (Å²) in [5, 5.41) is 0. The maximum Gasteiger partial charge on any atom is 0.482 e. The second-order valence-corrected chi connectivity index (χ2v) is 8.36. The van der Waals surface area contributed by atoms with Crippen molar-refractivity contribution in [2.24, 2.45) is 0 Å². The molecule has 2 heterocycles. The Hall–Kier alpha value is -0.745. The molecule has 0 saturated carbocycles. The van der Waals surface area contributed by atoms with Crippen LogP contribution >= 0.6 is 0 Å². The van der Waals surface area contributed by atoms with Crippen molar-refractivity contribution in [3.63, 3.8) is 0 Å². The summed E-state index contributed by atoms with van der Waals surface area (Å²) in [6, 6.07) is 0. The molecule has 2 fully saturated rings. The topological polar surface area (TPSA) is 48.0 Å². The fourth-order valence-corrected chi connectivity index (χ4v) is 2.83. The number of rotatable bonds is 1. The average Bonchev–Trinajstić information content (AvgIpc) is 2.56. The smallest absolute Gasteiger partial charge is 0.444 e. The van der Waals surface area contributed by atoms with Gasteiger partial charge in [0.05, 0.1) is 17.1 Å². The fraction of sp³-hybridized carbons (Fsp3) is 0.938. The Morgan fingerprint density at radius 3 is 2.18 bits per heavy atom. The normalized spacial score (nSPS) is 27.9. The fourth-order valence-electron chi connectivity index (χ4n) is 2.83. The molecule has 2 rings (SSSR count). The minimum atomic E-state index is -0.491. The van der Waals surface area contributed by atoms with Crippen molar-refractivity contribution >= 4 is 13.2 Å². The summed E-state index contributed by atoms with van der Waals surface area (Å²) >= 11 is 0. The molecular formula is C16H30BNO4. The van der Waals surface area contributed by atoms with Crippen LogP contribution in [0, 0.1) is 0 Å². The number of hydrogen-bond acceptors (Lipinski definition) is 4. The van der Waals surface area contributed by atoms with E-state index in [2.05, 4.69) is 0 Å². The molecule has 2 saturated heterocycles. The second-order valence-electron chi connectivity index (χ2n) is 8.36. The summed E-state index contributed by atoms with van der Waals surface area (Å²) in [4.78, 5) is 14.3. The lowest BCUT2D eigenvalue weighted by atomic mass is 9.73. The lowest BCUT2D eigenvalue weighted by molar-refractivity contribution is 0.00578. The van der Waals surface area contributed by atoms with E-state index in [-0.39, 0.29) is 23.2 Å². The number of likely N-dealkylation sites (tertiary alicyclic amines) is 1. The third-order valence-electron chi connectivity index (χ3n) is 4.76. The molecule has 22 heavy (non-hydrogen) atoms. The van der Waals surface area contributed by atoms with Gasteiger partial charge < -0.3 is 18.9 Å². The number of carbonyl (C=O) groups excluding carboxylic acids is 1. The van der Waals surface area contributed by atoms with Crippen LogP contribution in [0.3, 0.4) is 0 Å². The molecule has 0 N–H and O–H groups in total. The first kappa shape index (κ1) is 17.6. The Labute approximate surface area is 134 Å². The van der Waals surface area contributed by atoms with Gasteiger partial charge in [0.25, 0.3) is 0 Å². The summed E-state index contributed by atoms with van der Waals surface area (Å²) in [5.41, 5.74) is -1.25. The zero-order valence-electron chi connectivity index (χ0n) is 15.1. The van der Waals surface area contributed by atoms with Gasteiger partial charge in [-0.2, -0.15) is 0 Å². The van der Waals surface area contributed by atoms with Crippen molar-refractivity contribution < 1.29 is 18.8 Å². The molecule has 6 heteroatoms. The van der Waals surface area contributed by atoms with Gasteiger partial charge in [0.2, 0.25) is 0 Å². The van der Waals surface area contributed by atoms with Gasteiger partial charge in [0.1, 0.15) is 5.60 Å². The molecule has 1 atom stereocenters. The predicted molar refractivity (Wildman–Crippen MR) is 86.7 cm³/mol. The lowest BCUT2D eigenvalue weighted by Gasteiger charge is -2.37. The van der Waals surface area contributed by atoms with Crippen LogP contribution in [0.15, 0.2) is 0 Å². The zero-order valence-corrected chi connectivity index (χ0v) is 15.1. The van der Waals surface area contributed by atoms with Crippen LogP contribution in [-0.4, -0.2) is 47.4 Å². The third kappa shape index (κ3) is 3.59. The first-order valence-electron chi connectivity index (χ1n) is 8.28. The van der Waals surface area contributed by atoms with Gasteiger partial charge in [-0.1, -0.05) is 6.42 Å². The molecule has 0 spiro atoms. The molecular weight excluding hydrogens is 281 g/mol. The number of amides is 1. The van der Waals surface area contributed by atoms with Crippen LogP contribution in [0.1, 0.15) is 67.7 Å². The van der Waals surface area contributed by atoms with Crippen molar-refractivity contribution in [3.8, 4) is 0 Å². The summed E-state index contributed by atoms with van der Waals surface area (Å²) in [7, 11) is -0.391. The summed E-state index contributed by atoms with van der Waals surface area (Å²) in [6.07, 6.45) is 2.69. The summed E-state index contributed by atoms with van der Waals surface area (Å²) < 4.78 is 17.8. The van der Waals surface area contributed by atoms with E-state index >= 15 is 0 Å². The van der Waals surface area contributed by atoms with E-state index in [1.54, 1.807) is 4.90 Å². The largest absolute Gasteiger partial charge is 0.482 e. The standard InChI is InChI=1S/C16H30BNO4/c1-14(2,3)20-13(19)18-11-9-8-10-12(18)17-21-15(4,5)16(6,7)22-17/h12H,8-11H2,1-7H3/t12-/m1/s1. The van der Waals surface area contributed by atoms with Crippen molar-refractivity contribution in [2.75, 3.05) is 6.54 Å². The van der Waals surface area contributed by atoms with Gasteiger partial charge in [0.15, 0.2) is 0 Å². The van der Waals surface area contributed by atoms with Crippen LogP contribution in [-0.2, 0) is 14.0 Å². The van der Waals surface area contributed by atoms with Crippen LogP contribution < -0.4 is 0 Å². The monoisotopic (exact) mass is 311 g/mol. The first-order chi connectivity index (χ1) is 9.93. The van der Waals surface area contributed by atoms with Crippen LogP contribution in [0.5, 0.6) is 0 Å². The highest BCUT2D eigenvalue weighted by atomic mass is 16.7. The highest BCUT2D eigenvalue weighted by Crippen LogP contribution is 2.39. The van der Waals surface area contributed by atoms with Crippen molar-refractivity contribution in [1.29, 1.82) is 0 Å². The molecule has 0 aromatic rings. The molecule has 2 aliphatic rings. The van der Waals surface area contributed by atoms with Crippen LogP contribution in [0.25, 0.3) is 0 Å². The SMILES string of the molecule is CC(C)(C)OC(=O)N1CCCC[C@@H]1B1OC(C)(C)C(C)(C)O1. The Balaban J connectivity index is 2.13. The molecule has 0 aromatic heterocycles. The summed E-state index contributed by atoms with van der Waals surface area (Å²) in [5.74, 6) is -0.0790. The third-order valence-corrected chi connectivity index (χ3v) is 4.76. The number of nitrogens with zero attached hydrogens (tertiary/aromatic N) is 1. The lowest BCUT2D eigenvalue weighted by Crippen LogP contribution is -2.54. The van der Waals surface area contributed by atoms with E-state index in [1.807, 2.05) is 48.5 Å². The first-order valence-corrected chi connectivity index (χ1v) is 8.28. The van der Waals surface area contributed by atoms with Crippen molar-refractivity contribution in [3.05, 3.63) is 0 Å². The molecule has 0 aliphatic carbocycles. The molecule has 0 bridgehead atoms. The molecule has 5 nitrogen and oxygen atoms in total. The van der Waals surface area contributed by atoms with Gasteiger partial charge in [-0.15, -0.1) is 0 Å². The van der Waals surface area contributed by atoms with Gasteiger partial charge >= 0.3 is 13.2 Å². The maximum absolute atomic E-state index is 12.5. The van der Waals surface area contributed by atoms with Crippen LogP contribution in [0.2, 0.25) is 0 Å². The molecule has 2 aliphatic heterocycles. The Morgan fingerprint density at radius 2 is 1.68 bits per heavy atom. The van der Waals surface area contributed by atoms with E-state index in [0.29, 0.717) is 6.54 Å². The maximum atomic E-state index is 12.5. The van der Waals surface area contributed by atoms with E-state index in [1.165, 1.54) is 0 Å². The van der Waals surface area contributed by atoms with Gasteiger partial charge in [-0.25, -0.2) is 4.79 Å². The minimum Gasteiger partial charge on any atom is -0.444 e. The van der Waals surface area contributed by atoms with Crippen molar-refractivity contribution in [2.45, 2.75) is 90.5 Å². The van der Waals surface area contributed by atoms with Gasteiger partial charge in [0, 0.05) is 6.54 Å². The molecule has 126 valence electrons. The quantitative estimate of drug-likeness (QED) is 0.696. The highest BCUT2D eigenvalue weighted by molar-refractivity contribution is 6.48. The van der Waals surface area contributed by atoms with Gasteiger partial charge in [-0.05, 0) is 61.3 Å². The van der Waals surface area contributed by atoms with E-state index in [9.17, 15) is 4.79 Å². The Morgan fingerprint density at radius 1 is 1.14 bits per heavy atom. The Kier molecular flexibility index (Phi) is 4.57. The second kappa shape index (κ2) is 5.71. The van der Waals surface area contributed by atoms with Crippen LogP contribution in [0.4, 0.5) is 4.79 Å². The van der Waals surface area contributed by atoms with E-state index in [0.717, 1.165) is 19.3 Å². The average molecular weight is 311 g/mol. The van der Waals surface area contributed by atoms with Gasteiger partial charge in [-0.3, -0.25) is 0 Å². The molecule has 0 radical (unpaired) electrons. The molecule has 0 unspecified atom stereocenters. The van der Waals surface area contributed by atoms with Crippen molar-refractivity contribution in [1.82, 2.24) is 4.90 Å². The zero-order chi connectivity index (χ0) is 16.8. The Bertz CT molecular complexity index is 414. The predicted octanol–water partition coefficient (Wildman–Crippen LogP) is 3.41. The summed E-state index contributed by atoms with van der Waals surface area (Å²) in [6.45, 7) is 14.5. The van der Waals surface area contributed by atoms with E-state index < -0.39 is 12.7 Å². The number of ether oxygens (including phenoxy) is 1. The number of carbonyl (C=O) groups is 1. The number of hydrogen-bond donors (Lipinski definition) is 0. The minimum absolute atomic E-state index is 0.0790. The molecule has 0 aromatic carbocycles. The number of piperidine rings is 1. The molecule has 1 amide bonds. The van der Waals surface area contributed by atoms with E-state index in [4.69, 9.17) is 14.0 Å². The highest BCUT2D eigenvalue weighted by Gasteiger charge is 2.56.